The maximum atomic E-state index is 12.7. The molecule has 23 heavy (non-hydrogen) atoms. The van der Waals surface area contributed by atoms with Crippen LogP contribution < -0.4 is 4.90 Å². The number of rotatable bonds is 2. The standard InChI is InChI=1S/C15H14Cl2N2O4/c1-23-14(21)8-4-5-18-12(6-8)13(20)19(15(18)22)11-7-9(16)2-3-10(11)17/h2-3,7-8,12H,4-6H2,1H3/t8-,12-/m1/s1. The molecule has 0 bridgehead atoms. The molecule has 1 aromatic carbocycles. The van der Waals surface area contributed by atoms with Crippen molar-refractivity contribution in [1.82, 2.24) is 4.90 Å². The highest BCUT2D eigenvalue weighted by molar-refractivity contribution is 6.37. The first kappa shape index (κ1) is 16.1. The van der Waals surface area contributed by atoms with Crippen molar-refractivity contribution < 1.29 is 19.1 Å². The van der Waals surface area contributed by atoms with Crippen LogP contribution >= 0.6 is 23.2 Å². The van der Waals surface area contributed by atoms with Gasteiger partial charge in [0.1, 0.15) is 6.04 Å². The molecule has 8 heteroatoms. The summed E-state index contributed by atoms with van der Waals surface area (Å²) in [5, 5.41) is 0.641. The third kappa shape index (κ3) is 2.66. The fraction of sp³-hybridized carbons (Fsp3) is 0.400. The molecule has 0 saturated carbocycles. The second-order valence-electron chi connectivity index (χ2n) is 5.51. The Labute approximate surface area is 142 Å². The summed E-state index contributed by atoms with van der Waals surface area (Å²) in [4.78, 5) is 39.5. The Bertz CT molecular complexity index is 694. The van der Waals surface area contributed by atoms with E-state index in [4.69, 9.17) is 27.9 Å². The highest BCUT2D eigenvalue weighted by atomic mass is 35.5. The minimum absolute atomic E-state index is 0.256. The van der Waals surface area contributed by atoms with Gasteiger partial charge in [-0.2, -0.15) is 0 Å². The van der Waals surface area contributed by atoms with Crippen LogP contribution in [0.25, 0.3) is 0 Å². The van der Waals surface area contributed by atoms with Gasteiger partial charge in [-0.05, 0) is 31.0 Å². The number of amides is 3. The lowest BCUT2D eigenvalue weighted by atomic mass is 9.91. The zero-order valence-electron chi connectivity index (χ0n) is 12.3. The molecule has 0 aliphatic carbocycles. The Morgan fingerprint density at radius 3 is 2.74 bits per heavy atom. The van der Waals surface area contributed by atoms with Gasteiger partial charge in [0.2, 0.25) is 0 Å². The smallest absolute Gasteiger partial charge is 0.332 e. The number of urea groups is 1. The number of anilines is 1. The average Bonchev–Trinajstić information content (AvgIpc) is 2.80. The topological polar surface area (TPSA) is 66.9 Å². The van der Waals surface area contributed by atoms with E-state index in [2.05, 4.69) is 0 Å². The molecule has 2 saturated heterocycles. The van der Waals surface area contributed by atoms with E-state index in [1.165, 1.54) is 24.1 Å². The fourth-order valence-corrected chi connectivity index (χ4v) is 3.43. The molecule has 0 aromatic heterocycles. The molecular formula is C15H14Cl2N2O4. The van der Waals surface area contributed by atoms with Crippen molar-refractivity contribution in [2.45, 2.75) is 18.9 Å². The van der Waals surface area contributed by atoms with Crippen LogP contribution in [-0.4, -0.2) is 42.5 Å². The molecular weight excluding hydrogens is 343 g/mol. The molecule has 2 aliphatic heterocycles. The molecule has 2 aliphatic rings. The summed E-state index contributed by atoms with van der Waals surface area (Å²) in [7, 11) is 1.31. The Morgan fingerprint density at radius 2 is 2.04 bits per heavy atom. The molecule has 0 unspecified atom stereocenters. The number of ether oxygens (including phenoxy) is 1. The van der Waals surface area contributed by atoms with Gasteiger partial charge >= 0.3 is 12.0 Å². The normalized spacial score (nSPS) is 24.0. The second-order valence-corrected chi connectivity index (χ2v) is 6.35. The van der Waals surface area contributed by atoms with Crippen molar-refractivity contribution in [3.8, 4) is 0 Å². The van der Waals surface area contributed by atoms with Gasteiger partial charge in [0.05, 0.1) is 23.7 Å². The zero-order valence-corrected chi connectivity index (χ0v) is 13.8. The van der Waals surface area contributed by atoms with E-state index < -0.39 is 18.0 Å². The summed E-state index contributed by atoms with van der Waals surface area (Å²) in [5.41, 5.74) is 0.262. The predicted molar refractivity (Wildman–Crippen MR) is 84.6 cm³/mol. The summed E-state index contributed by atoms with van der Waals surface area (Å²) in [6, 6.07) is 3.49. The van der Waals surface area contributed by atoms with E-state index in [-0.39, 0.29) is 29.0 Å². The van der Waals surface area contributed by atoms with E-state index in [0.717, 1.165) is 4.90 Å². The molecule has 3 amide bonds. The van der Waals surface area contributed by atoms with Crippen molar-refractivity contribution in [3.05, 3.63) is 28.2 Å². The lowest BCUT2D eigenvalue weighted by molar-refractivity contribution is -0.147. The van der Waals surface area contributed by atoms with E-state index in [1.54, 1.807) is 6.07 Å². The number of carbonyl (C=O) groups excluding carboxylic acids is 3. The van der Waals surface area contributed by atoms with E-state index in [0.29, 0.717) is 18.0 Å². The van der Waals surface area contributed by atoms with Crippen molar-refractivity contribution >= 4 is 46.8 Å². The van der Waals surface area contributed by atoms with Crippen LogP contribution in [0, 0.1) is 5.92 Å². The van der Waals surface area contributed by atoms with E-state index in [1.807, 2.05) is 0 Å². The number of piperidine rings is 1. The molecule has 3 rings (SSSR count). The second kappa shape index (κ2) is 6.02. The molecule has 2 atom stereocenters. The summed E-state index contributed by atoms with van der Waals surface area (Å²) < 4.78 is 4.74. The number of halogens is 2. The number of carbonyl (C=O) groups is 3. The number of hydrogen-bond acceptors (Lipinski definition) is 4. The van der Waals surface area contributed by atoms with Crippen LogP contribution in [0.3, 0.4) is 0 Å². The van der Waals surface area contributed by atoms with Gasteiger partial charge in [-0.15, -0.1) is 0 Å². The number of fused-ring (bicyclic) bond motifs is 1. The lowest BCUT2D eigenvalue weighted by Gasteiger charge is -2.30. The van der Waals surface area contributed by atoms with Gasteiger partial charge in [-0.1, -0.05) is 23.2 Å². The fourth-order valence-electron chi connectivity index (χ4n) is 3.06. The minimum atomic E-state index is -0.671. The van der Waals surface area contributed by atoms with Crippen LogP contribution in [0.15, 0.2) is 18.2 Å². The van der Waals surface area contributed by atoms with Crippen LogP contribution in [0.2, 0.25) is 10.0 Å². The predicted octanol–water partition coefficient (Wildman–Crippen LogP) is 2.71. The highest BCUT2D eigenvalue weighted by Crippen LogP contribution is 2.37. The molecule has 122 valence electrons. The quantitative estimate of drug-likeness (QED) is 0.603. The summed E-state index contributed by atoms with van der Waals surface area (Å²) >= 11 is 12.1. The van der Waals surface area contributed by atoms with Gasteiger partial charge in [0.15, 0.2) is 0 Å². The molecule has 2 fully saturated rings. The van der Waals surface area contributed by atoms with Gasteiger partial charge in [-0.25, -0.2) is 9.69 Å². The molecule has 2 heterocycles. The Hall–Kier alpha value is -1.79. The number of nitrogens with zero attached hydrogens (tertiary/aromatic N) is 2. The number of methoxy groups -OCH3 is 1. The molecule has 1 aromatic rings. The summed E-state index contributed by atoms with van der Waals surface area (Å²) in [6.45, 7) is 0.323. The average molecular weight is 357 g/mol. The molecule has 0 radical (unpaired) electrons. The zero-order chi connectivity index (χ0) is 16.7. The Morgan fingerprint density at radius 1 is 1.30 bits per heavy atom. The summed E-state index contributed by atoms with van der Waals surface area (Å²) in [6.07, 6.45) is 0.727. The first-order chi connectivity index (χ1) is 10.9. The van der Waals surface area contributed by atoms with Crippen molar-refractivity contribution in [3.63, 3.8) is 0 Å². The van der Waals surface area contributed by atoms with Crippen LogP contribution in [-0.2, 0) is 14.3 Å². The van der Waals surface area contributed by atoms with Crippen molar-refractivity contribution in [2.75, 3.05) is 18.6 Å². The van der Waals surface area contributed by atoms with E-state index in [9.17, 15) is 14.4 Å². The van der Waals surface area contributed by atoms with Gasteiger partial charge in [-0.3, -0.25) is 9.59 Å². The monoisotopic (exact) mass is 356 g/mol. The van der Waals surface area contributed by atoms with Crippen molar-refractivity contribution in [1.29, 1.82) is 0 Å². The maximum Gasteiger partial charge on any atom is 0.332 e. The minimum Gasteiger partial charge on any atom is -0.469 e. The molecule has 0 spiro atoms. The van der Waals surface area contributed by atoms with Crippen LogP contribution in [0.5, 0.6) is 0 Å². The van der Waals surface area contributed by atoms with Crippen molar-refractivity contribution in [2.24, 2.45) is 5.92 Å². The molecule has 0 N–H and O–H groups in total. The Balaban J connectivity index is 1.91. The molecule has 6 nitrogen and oxygen atoms in total. The third-order valence-electron chi connectivity index (χ3n) is 4.23. The highest BCUT2D eigenvalue weighted by Gasteiger charge is 2.50. The summed E-state index contributed by atoms with van der Waals surface area (Å²) in [5.74, 6) is -1.13. The van der Waals surface area contributed by atoms with Crippen LogP contribution in [0.4, 0.5) is 10.5 Å². The van der Waals surface area contributed by atoms with E-state index >= 15 is 0 Å². The lowest BCUT2D eigenvalue weighted by Crippen LogP contribution is -2.44. The number of hydrogen-bond donors (Lipinski definition) is 0. The largest absolute Gasteiger partial charge is 0.469 e. The van der Waals surface area contributed by atoms with Gasteiger partial charge < -0.3 is 9.64 Å². The van der Waals surface area contributed by atoms with Gasteiger partial charge in [0.25, 0.3) is 5.91 Å². The van der Waals surface area contributed by atoms with Gasteiger partial charge in [0, 0.05) is 11.6 Å². The SMILES string of the molecule is COC(=O)[C@@H]1CCN2C(=O)N(c3cc(Cl)ccc3Cl)C(=O)[C@H]2C1. The number of imide groups is 1. The van der Waals surface area contributed by atoms with Crippen LogP contribution in [0.1, 0.15) is 12.8 Å². The number of esters is 1. The first-order valence-electron chi connectivity index (χ1n) is 7.11. The maximum absolute atomic E-state index is 12.7. The third-order valence-corrected chi connectivity index (χ3v) is 4.78. The first-order valence-corrected chi connectivity index (χ1v) is 7.87. The number of benzene rings is 1. The Kier molecular flexibility index (Phi) is 4.21.